The Balaban J connectivity index is 0.750. The van der Waals surface area contributed by atoms with Crippen LogP contribution in [0.4, 0.5) is 0 Å². The number of aryl methyl sites for hydroxylation is 1. The Morgan fingerprint density at radius 1 is 0.863 bits per heavy atom. The lowest BCUT2D eigenvalue weighted by atomic mass is 9.27. The maximum Gasteiger partial charge on any atom is 0.339 e. The second kappa shape index (κ2) is 19.5. The molecule has 13 bridgehead atoms. The topological polar surface area (TPSA) is 181 Å². The number of hydrogen-bond acceptors (Lipinski definition) is 13. The van der Waals surface area contributed by atoms with E-state index in [2.05, 4.69) is 114 Å². The van der Waals surface area contributed by atoms with E-state index < -0.39 is 97.9 Å². The van der Waals surface area contributed by atoms with Crippen molar-refractivity contribution in [3.05, 3.63) is 131 Å². The minimum atomic E-state index is -1.61. The monoisotopic (exact) mass is 1370 g/mol. The first kappa shape index (κ1) is 60.8. The standard InChI is InChI=1S/C89H100N2O11/c1-80-37-54-38-82-43-81(27-5-6-28-81)39-58(82)34-57-35-69-84-56-21-23-61-64(25-18-49(70(61)84)17-24-63(84)59-11-7-10-50(59)33-56)86(69)74-72(94)76(95)85(73(54)83(74)44-99-78(96)75(82)88(57,83)102-86)65-31-47(30-46-8-3-2-4-9-46)12-13-48(65)14-19-55-20-15-53-42-98-68(71(53)87(55,80)101-79(97)77-89(80,85)100-77)36-62(67(93)41-92)51-16-22-60-52(32-51)26-29-91-45-90-40-66(60)91/h2-4,8-9,17-18,21,23,25-26,29,33,35,42,47-48,50-52,54-55,58-67,69-70,73-77,90,92-93,95H,5-7,10-13,15-16,20,22,24,27-28,30-32,34,36-41,43-45H2,1H3. The Bertz CT molecular complexity index is 4390. The molecule has 7 aliphatic heterocycles. The van der Waals surface area contributed by atoms with E-state index in [1.807, 2.05) is 6.26 Å². The molecule has 10 saturated carbocycles. The molecule has 8 heterocycles. The molecule has 5 saturated heterocycles. The highest BCUT2D eigenvalue weighted by atomic mass is 16.7. The number of ketones is 1. The number of rotatable bonds is 7. The number of benzene rings is 1. The summed E-state index contributed by atoms with van der Waals surface area (Å²) in [6.07, 6.45) is 42.0. The number of aliphatic hydroxyl groups excluding tert-OH is 3. The van der Waals surface area contributed by atoms with E-state index in [1.165, 1.54) is 54.4 Å². The minimum Gasteiger partial charge on any atom is -0.469 e. The van der Waals surface area contributed by atoms with Gasteiger partial charge in [-0.3, -0.25) is 14.9 Å². The number of nitrogens with zero attached hydrogens (tertiary/aromatic N) is 1. The molecule has 13 heteroatoms. The van der Waals surface area contributed by atoms with E-state index in [0.717, 1.165) is 108 Å². The predicted octanol–water partition coefficient (Wildman–Crippen LogP) is 11.8. The summed E-state index contributed by atoms with van der Waals surface area (Å²) in [5.41, 5.74) is -2.80. The molecule has 1 aromatic carbocycles. The molecule has 9 spiro atoms. The van der Waals surface area contributed by atoms with Crippen LogP contribution in [-0.4, -0.2) is 106 Å². The zero-order valence-electron chi connectivity index (χ0n) is 59.2. The lowest BCUT2D eigenvalue weighted by molar-refractivity contribution is -0.320. The highest BCUT2D eigenvalue weighted by molar-refractivity contribution is 5.95. The van der Waals surface area contributed by atoms with E-state index in [0.29, 0.717) is 73.5 Å². The van der Waals surface area contributed by atoms with Gasteiger partial charge in [-0.25, -0.2) is 4.79 Å². The molecule has 25 rings (SSSR count). The average Bonchev–Trinajstić information content (AvgIpc) is 1.40. The Labute approximate surface area is 598 Å². The summed E-state index contributed by atoms with van der Waals surface area (Å²) in [5, 5.41) is 43.2. The molecule has 102 heavy (non-hydrogen) atoms. The molecule has 16 aliphatic carbocycles. The fourth-order valence-electron chi connectivity index (χ4n) is 35.1. The molecule has 1 aromatic heterocycles. The SMILES string of the molecule is CC12CC3CC45CC6(CCCC6)CC4CC4=CC6C7(OC48C5C(=O)OCC84C7C(=O)C(O)C5(C7CC(Cc8ccccc8)CCC7C#CC7CCc8coc(CC(C(O)CO)C9CCC%10C(C=CN%11CNCC%10%11)C9)c8C71OC(=O)C1OC152)C34)C1C=CC2=CCC3C4CCCC4C=C4C=CC1C2C436. The van der Waals surface area contributed by atoms with Crippen LogP contribution >= 0.6 is 0 Å². The third-order valence-corrected chi connectivity index (χ3v) is 37.2. The van der Waals surface area contributed by atoms with Gasteiger partial charge in [0, 0.05) is 64.5 Å². The van der Waals surface area contributed by atoms with Gasteiger partial charge in [0.25, 0.3) is 0 Å². The molecule has 23 aliphatic rings. The second-order valence-electron chi connectivity index (χ2n) is 39.4. The van der Waals surface area contributed by atoms with Crippen molar-refractivity contribution in [3.8, 4) is 11.8 Å². The van der Waals surface area contributed by atoms with E-state index in [-0.39, 0.29) is 95.0 Å². The van der Waals surface area contributed by atoms with Crippen LogP contribution in [0.25, 0.3) is 0 Å². The molecule has 532 valence electrons. The Hall–Kier alpha value is -5.33. The van der Waals surface area contributed by atoms with E-state index in [1.54, 1.807) is 0 Å². The van der Waals surface area contributed by atoms with Gasteiger partial charge in [-0.2, -0.15) is 0 Å². The van der Waals surface area contributed by atoms with Crippen molar-refractivity contribution in [2.24, 2.45) is 151 Å². The van der Waals surface area contributed by atoms with Gasteiger partial charge in [0.05, 0.1) is 54.4 Å². The smallest absolute Gasteiger partial charge is 0.339 e. The Morgan fingerprint density at radius 3 is 2.64 bits per heavy atom. The molecular weight excluding hydrogens is 1270 g/mol. The third kappa shape index (κ3) is 6.35. The number of fused-ring (bicyclic) bond motifs is 7. The number of hydrogen-bond donors (Lipinski definition) is 4. The number of carbonyl (C=O) groups excluding carboxylic acids is 3. The van der Waals surface area contributed by atoms with Gasteiger partial charge < -0.3 is 43.6 Å². The third-order valence-electron chi connectivity index (χ3n) is 37.2. The zero-order chi connectivity index (χ0) is 67.6. The van der Waals surface area contributed by atoms with E-state index >= 15 is 19.5 Å². The van der Waals surface area contributed by atoms with Gasteiger partial charge in [0.1, 0.15) is 29.7 Å². The lowest BCUT2D eigenvalue weighted by Crippen LogP contribution is -2.84. The van der Waals surface area contributed by atoms with Gasteiger partial charge in [-0.1, -0.05) is 117 Å². The second-order valence-corrected chi connectivity index (χ2v) is 39.4. The van der Waals surface area contributed by atoms with Crippen molar-refractivity contribution in [1.82, 2.24) is 10.2 Å². The molecule has 33 atom stereocenters. The maximum absolute atomic E-state index is 18.9. The molecule has 2 aromatic rings. The number of furan rings is 1. The summed E-state index contributed by atoms with van der Waals surface area (Å²) < 4.78 is 40.0. The number of carbonyl (C=O) groups is 3. The predicted molar refractivity (Wildman–Crippen MR) is 374 cm³/mol. The number of epoxide rings is 1. The highest BCUT2D eigenvalue weighted by Crippen LogP contribution is 2.94. The first-order valence-electron chi connectivity index (χ1n) is 41.3. The number of cyclic esters (lactones) is 1. The highest BCUT2D eigenvalue weighted by Gasteiger charge is 3.02. The largest absolute Gasteiger partial charge is 0.469 e. The van der Waals surface area contributed by atoms with Crippen molar-refractivity contribution in [2.75, 3.05) is 26.4 Å². The van der Waals surface area contributed by atoms with Crippen LogP contribution in [0, 0.1) is 163 Å². The van der Waals surface area contributed by atoms with Crippen molar-refractivity contribution in [2.45, 2.75) is 201 Å². The number of Topliss-reactive ketones (excluding diaryl/α,β-unsaturated/α-hetero) is 1. The summed E-state index contributed by atoms with van der Waals surface area (Å²) in [6.45, 7) is 3.86. The molecule has 33 unspecified atom stereocenters. The summed E-state index contributed by atoms with van der Waals surface area (Å²) in [7, 11) is 0. The van der Waals surface area contributed by atoms with Gasteiger partial charge in [0.15, 0.2) is 17.5 Å². The van der Waals surface area contributed by atoms with Crippen LogP contribution in [-0.2, 0) is 58.2 Å². The normalized spacial score (nSPS) is 54.7. The zero-order valence-corrected chi connectivity index (χ0v) is 59.2. The van der Waals surface area contributed by atoms with Gasteiger partial charge in [-0.15, -0.1) is 0 Å². The number of nitrogens with one attached hydrogen (secondary N) is 1. The number of ether oxygens (including phenoxy) is 4. The quantitative estimate of drug-likeness (QED) is 0.0891. The van der Waals surface area contributed by atoms with Crippen molar-refractivity contribution in [3.63, 3.8) is 0 Å². The summed E-state index contributed by atoms with van der Waals surface area (Å²) >= 11 is 0. The first-order chi connectivity index (χ1) is 49.7. The number of esters is 2. The van der Waals surface area contributed by atoms with Crippen LogP contribution in [0.2, 0.25) is 0 Å². The van der Waals surface area contributed by atoms with Gasteiger partial charge >= 0.3 is 11.9 Å². The van der Waals surface area contributed by atoms with Crippen molar-refractivity contribution in [1.29, 1.82) is 0 Å². The van der Waals surface area contributed by atoms with E-state index in [9.17, 15) is 14.9 Å². The van der Waals surface area contributed by atoms with Crippen molar-refractivity contribution >= 4 is 17.7 Å². The number of aliphatic hydroxyl groups is 3. The molecule has 0 amide bonds. The lowest BCUT2D eigenvalue weighted by Gasteiger charge is -2.75. The van der Waals surface area contributed by atoms with E-state index in [4.69, 9.17) is 18.6 Å². The van der Waals surface area contributed by atoms with Crippen LogP contribution in [0.5, 0.6) is 0 Å². The Morgan fingerprint density at radius 2 is 1.75 bits per heavy atom. The van der Waals surface area contributed by atoms with Crippen LogP contribution in [0.3, 0.4) is 0 Å². The van der Waals surface area contributed by atoms with Crippen LogP contribution in [0.1, 0.15) is 158 Å². The summed E-state index contributed by atoms with van der Waals surface area (Å²) in [4.78, 5) is 55.2. The first-order valence-corrected chi connectivity index (χ1v) is 41.3. The fourth-order valence-corrected chi connectivity index (χ4v) is 35.1. The maximum atomic E-state index is 18.9. The van der Waals surface area contributed by atoms with Gasteiger partial charge in [0.2, 0.25) is 0 Å². The average molecular weight is 1370 g/mol. The number of allylic oxidation sites excluding steroid dienone is 8. The molecule has 0 radical (unpaired) electrons. The van der Waals surface area contributed by atoms with Crippen LogP contribution < -0.4 is 5.32 Å². The van der Waals surface area contributed by atoms with Gasteiger partial charge in [-0.05, 0) is 244 Å². The minimum absolute atomic E-state index is 0.0204. The van der Waals surface area contributed by atoms with Crippen LogP contribution in [0.15, 0.2) is 113 Å². The fraction of sp³-hybridized carbons (Fsp3) is 0.697. The molecular formula is C89H100N2O11. The molecule has 15 fully saturated rings. The summed E-state index contributed by atoms with van der Waals surface area (Å²) in [5.74, 6) is 6.83. The molecule has 13 nitrogen and oxygen atoms in total. The molecule has 4 N–H and O–H groups in total. The summed E-state index contributed by atoms with van der Waals surface area (Å²) in [6, 6.07) is 11.4. The van der Waals surface area contributed by atoms with Crippen molar-refractivity contribution < 1.29 is 53.1 Å². The Kier molecular flexibility index (Phi) is 11.6.